The lowest BCUT2D eigenvalue weighted by Gasteiger charge is -2.09. The zero-order chi connectivity index (χ0) is 13.0. The van der Waals surface area contributed by atoms with Crippen LogP contribution in [-0.4, -0.2) is 17.2 Å². The van der Waals surface area contributed by atoms with Gasteiger partial charge in [0.15, 0.2) is 0 Å². The molecule has 0 amide bonds. The first-order valence-electron chi connectivity index (χ1n) is 5.71. The molecule has 2 aromatic carbocycles. The van der Waals surface area contributed by atoms with Gasteiger partial charge in [0, 0.05) is 17.5 Å². The van der Waals surface area contributed by atoms with Crippen molar-refractivity contribution in [3.63, 3.8) is 0 Å². The van der Waals surface area contributed by atoms with Gasteiger partial charge in [-0.2, -0.15) is 0 Å². The Balaban J connectivity index is 2.33. The summed E-state index contributed by atoms with van der Waals surface area (Å²) in [5.41, 5.74) is 1.98. The zero-order valence-corrected chi connectivity index (χ0v) is 11.2. The number of hydrogen-bond acceptors (Lipinski definition) is 3. The second kappa shape index (κ2) is 5.74. The van der Waals surface area contributed by atoms with Crippen LogP contribution >= 0.6 is 11.8 Å². The van der Waals surface area contributed by atoms with Gasteiger partial charge in [0.2, 0.25) is 0 Å². The topological polar surface area (TPSA) is 32.6 Å². The second-order valence-electron chi connectivity index (χ2n) is 3.91. The Bertz CT molecular complexity index is 578. The predicted octanol–water partition coefficient (Wildman–Crippen LogP) is 3.87. The number of benzene rings is 2. The SMILES string of the molecule is CN=C(Sc1ccccc1C)c1ccccc1O. The number of rotatable bonds is 2. The van der Waals surface area contributed by atoms with Gasteiger partial charge in [0.1, 0.15) is 10.8 Å². The lowest BCUT2D eigenvalue weighted by atomic mass is 10.2. The van der Waals surface area contributed by atoms with Gasteiger partial charge in [-0.15, -0.1) is 0 Å². The van der Waals surface area contributed by atoms with Crippen molar-refractivity contribution in [3.05, 3.63) is 59.7 Å². The molecule has 2 aromatic rings. The molecule has 18 heavy (non-hydrogen) atoms. The van der Waals surface area contributed by atoms with E-state index in [1.807, 2.05) is 30.3 Å². The molecule has 0 bridgehead atoms. The van der Waals surface area contributed by atoms with Crippen LogP contribution in [0.1, 0.15) is 11.1 Å². The number of para-hydroxylation sites is 1. The van der Waals surface area contributed by atoms with Crippen LogP contribution in [0.15, 0.2) is 58.4 Å². The van der Waals surface area contributed by atoms with Crippen molar-refractivity contribution in [1.82, 2.24) is 0 Å². The molecular weight excluding hydrogens is 242 g/mol. The van der Waals surface area contributed by atoms with E-state index in [1.54, 1.807) is 24.9 Å². The van der Waals surface area contributed by atoms with Gasteiger partial charge in [-0.3, -0.25) is 4.99 Å². The predicted molar refractivity (Wildman–Crippen MR) is 77.6 cm³/mol. The average Bonchev–Trinajstić information content (AvgIpc) is 2.39. The summed E-state index contributed by atoms with van der Waals surface area (Å²) >= 11 is 1.57. The van der Waals surface area contributed by atoms with Crippen molar-refractivity contribution in [2.75, 3.05) is 7.05 Å². The molecule has 2 rings (SSSR count). The highest BCUT2D eigenvalue weighted by Crippen LogP contribution is 2.29. The summed E-state index contributed by atoms with van der Waals surface area (Å²) in [6, 6.07) is 15.4. The van der Waals surface area contributed by atoms with Crippen LogP contribution in [0, 0.1) is 6.92 Å². The highest BCUT2D eigenvalue weighted by Gasteiger charge is 2.10. The lowest BCUT2D eigenvalue weighted by molar-refractivity contribution is 0.474. The minimum atomic E-state index is 0.263. The Hall–Kier alpha value is -1.74. The van der Waals surface area contributed by atoms with E-state index in [4.69, 9.17) is 0 Å². The number of aliphatic imine (C=N–C) groups is 1. The van der Waals surface area contributed by atoms with Gasteiger partial charge in [0.25, 0.3) is 0 Å². The van der Waals surface area contributed by atoms with E-state index in [-0.39, 0.29) is 5.75 Å². The van der Waals surface area contributed by atoms with Gasteiger partial charge in [-0.25, -0.2) is 0 Å². The molecule has 0 atom stereocenters. The minimum Gasteiger partial charge on any atom is -0.507 e. The van der Waals surface area contributed by atoms with Crippen LogP contribution in [0.4, 0.5) is 0 Å². The van der Waals surface area contributed by atoms with Crippen LogP contribution < -0.4 is 0 Å². The van der Waals surface area contributed by atoms with Crippen molar-refractivity contribution in [3.8, 4) is 5.75 Å². The quantitative estimate of drug-likeness (QED) is 0.503. The van der Waals surface area contributed by atoms with Gasteiger partial charge < -0.3 is 5.11 Å². The molecule has 92 valence electrons. The molecule has 1 N–H and O–H groups in total. The molecule has 0 fully saturated rings. The van der Waals surface area contributed by atoms with Crippen molar-refractivity contribution in [2.45, 2.75) is 11.8 Å². The smallest absolute Gasteiger partial charge is 0.125 e. The van der Waals surface area contributed by atoms with Gasteiger partial charge in [0.05, 0.1) is 0 Å². The van der Waals surface area contributed by atoms with Crippen LogP contribution in [0.5, 0.6) is 5.75 Å². The van der Waals surface area contributed by atoms with E-state index in [0.717, 1.165) is 15.5 Å². The van der Waals surface area contributed by atoms with E-state index >= 15 is 0 Å². The maximum Gasteiger partial charge on any atom is 0.125 e. The number of thioether (sulfide) groups is 1. The largest absolute Gasteiger partial charge is 0.507 e. The summed E-state index contributed by atoms with van der Waals surface area (Å²) in [6.45, 7) is 2.07. The first-order chi connectivity index (χ1) is 8.72. The standard InChI is InChI=1S/C15H15NOS/c1-11-7-3-6-10-14(11)18-15(16-2)12-8-4-5-9-13(12)17/h3-10,17H,1-2H3. The van der Waals surface area contributed by atoms with Crippen molar-refractivity contribution < 1.29 is 5.11 Å². The molecule has 0 heterocycles. The second-order valence-corrected chi connectivity index (χ2v) is 4.94. The Morgan fingerprint density at radius 3 is 2.39 bits per heavy atom. The normalized spacial score (nSPS) is 11.6. The maximum absolute atomic E-state index is 9.87. The first-order valence-corrected chi connectivity index (χ1v) is 6.52. The Kier molecular flexibility index (Phi) is 4.05. The third-order valence-electron chi connectivity index (χ3n) is 2.64. The molecule has 2 nitrogen and oxygen atoms in total. The van der Waals surface area contributed by atoms with Gasteiger partial charge in [-0.1, -0.05) is 42.1 Å². The summed E-state index contributed by atoms with van der Waals surface area (Å²) in [5, 5.41) is 10.7. The third-order valence-corrected chi connectivity index (χ3v) is 3.91. The number of hydrogen-bond donors (Lipinski definition) is 1. The fourth-order valence-electron chi connectivity index (χ4n) is 1.65. The molecule has 0 saturated heterocycles. The van der Waals surface area contributed by atoms with E-state index in [0.29, 0.717) is 0 Å². The monoisotopic (exact) mass is 257 g/mol. The highest BCUT2D eigenvalue weighted by atomic mass is 32.2. The highest BCUT2D eigenvalue weighted by molar-refractivity contribution is 8.14. The van der Waals surface area contributed by atoms with Crippen molar-refractivity contribution >= 4 is 16.8 Å². The van der Waals surface area contributed by atoms with Crippen LogP contribution in [0.3, 0.4) is 0 Å². The molecule has 0 aliphatic heterocycles. The van der Waals surface area contributed by atoms with Crippen LogP contribution in [0.25, 0.3) is 0 Å². The zero-order valence-electron chi connectivity index (χ0n) is 10.4. The van der Waals surface area contributed by atoms with E-state index < -0.39 is 0 Å². The van der Waals surface area contributed by atoms with Crippen molar-refractivity contribution in [2.24, 2.45) is 4.99 Å². The van der Waals surface area contributed by atoms with Crippen LogP contribution in [0.2, 0.25) is 0 Å². The molecule has 0 unspecified atom stereocenters. The van der Waals surface area contributed by atoms with E-state index in [2.05, 4.69) is 24.0 Å². The summed E-state index contributed by atoms with van der Waals surface area (Å²) in [4.78, 5) is 5.43. The molecular formula is C15H15NOS. The number of phenolic OH excluding ortho intramolecular Hbond substituents is 1. The number of aromatic hydroxyl groups is 1. The van der Waals surface area contributed by atoms with E-state index in [9.17, 15) is 5.11 Å². The molecule has 3 heteroatoms. The Morgan fingerprint density at radius 2 is 1.72 bits per heavy atom. The Morgan fingerprint density at radius 1 is 1.06 bits per heavy atom. The van der Waals surface area contributed by atoms with E-state index in [1.165, 1.54) is 5.56 Å². The summed E-state index contributed by atoms with van der Waals surface area (Å²) in [7, 11) is 1.74. The van der Waals surface area contributed by atoms with Crippen molar-refractivity contribution in [1.29, 1.82) is 0 Å². The molecule has 0 aromatic heterocycles. The van der Waals surface area contributed by atoms with Gasteiger partial charge in [-0.05, 0) is 30.7 Å². The Labute approximate surface area is 111 Å². The van der Waals surface area contributed by atoms with Crippen LogP contribution in [-0.2, 0) is 0 Å². The molecule has 0 radical (unpaired) electrons. The lowest BCUT2D eigenvalue weighted by Crippen LogP contribution is -1.96. The summed E-state index contributed by atoms with van der Waals surface area (Å²) in [6.07, 6.45) is 0. The average molecular weight is 257 g/mol. The third kappa shape index (κ3) is 2.74. The summed E-state index contributed by atoms with van der Waals surface area (Å²) in [5.74, 6) is 0.263. The first kappa shape index (κ1) is 12.7. The number of aryl methyl sites for hydroxylation is 1. The fourth-order valence-corrected chi connectivity index (χ4v) is 2.61. The fraction of sp³-hybridized carbons (Fsp3) is 0.133. The maximum atomic E-state index is 9.87. The molecule has 0 aliphatic carbocycles. The summed E-state index contributed by atoms with van der Waals surface area (Å²) < 4.78 is 0. The number of nitrogens with zero attached hydrogens (tertiary/aromatic N) is 1. The molecule has 0 spiro atoms. The van der Waals surface area contributed by atoms with Gasteiger partial charge >= 0.3 is 0 Å². The molecule has 0 aliphatic rings. The number of phenols is 1. The molecule has 0 saturated carbocycles. The minimum absolute atomic E-state index is 0.263.